The summed E-state index contributed by atoms with van der Waals surface area (Å²) in [6.45, 7) is 3.96. The summed E-state index contributed by atoms with van der Waals surface area (Å²) in [6, 6.07) is 1.94. The smallest absolute Gasteiger partial charge is 0.251 e. The number of carbonyl (C=O) groups excluding carboxylic acids is 1. The number of nitrogens with one attached hydrogen (secondary N) is 2. The molecule has 6 heteroatoms. The van der Waals surface area contributed by atoms with Crippen LogP contribution >= 0.6 is 0 Å². The summed E-state index contributed by atoms with van der Waals surface area (Å²) < 4.78 is 27.0. The second-order valence-corrected chi connectivity index (χ2v) is 4.33. The van der Waals surface area contributed by atoms with Crippen LogP contribution in [0.3, 0.4) is 0 Å². The molecule has 0 aromatic heterocycles. The number of halogens is 2. The number of anilines is 1. The molecule has 1 rings (SSSR count). The number of hydrogen-bond donors (Lipinski definition) is 3. The Balaban J connectivity index is 2.88. The van der Waals surface area contributed by atoms with Gasteiger partial charge in [-0.3, -0.25) is 10.6 Å². The monoisotopic (exact) mass is 271 g/mol. The minimum absolute atomic E-state index is 0.0101. The van der Waals surface area contributed by atoms with Gasteiger partial charge in [0.15, 0.2) is 11.6 Å². The number of amides is 1. The Morgan fingerprint density at radius 1 is 1.32 bits per heavy atom. The van der Waals surface area contributed by atoms with Crippen molar-refractivity contribution in [3.63, 3.8) is 0 Å². The van der Waals surface area contributed by atoms with E-state index in [9.17, 15) is 13.6 Å². The molecule has 1 unspecified atom stereocenters. The van der Waals surface area contributed by atoms with Crippen molar-refractivity contribution in [3.8, 4) is 0 Å². The van der Waals surface area contributed by atoms with E-state index in [4.69, 9.17) is 5.84 Å². The molecule has 1 aromatic rings. The normalized spacial score (nSPS) is 12.1. The van der Waals surface area contributed by atoms with E-state index >= 15 is 0 Å². The van der Waals surface area contributed by atoms with Gasteiger partial charge < -0.3 is 10.7 Å². The van der Waals surface area contributed by atoms with Crippen molar-refractivity contribution in [2.24, 2.45) is 5.84 Å². The van der Waals surface area contributed by atoms with Gasteiger partial charge in [0.1, 0.15) is 5.69 Å². The number of carbonyl (C=O) groups is 1. The Bertz CT molecular complexity index is 429. The molecule has 0 spiro atoms. The van der Waals surface area contributed by atoms with Gasteiger partial charge in [0.2, 0.25) is 0 Å². The first-order valence-corrected chi connectivity index (χ1v) is 6.29. The molecule has 0 heterocycles. The fourth-order valence-corrected chi connectivity index (χ4v) is 1.84. The summed E-state index contributed by atoms with van der Waals surface area (Å²) in [4.78, 5) is 11.9. The predicted molar refractivity (Wildman–Crippen MR) is 70.6 cm³/mol. The lowest BCUT2D eigenvalue weighted by atomic mass is 10.1. The van der Waals surface area contributed by atoms with Crippen molar-refractivity contribution in [2.75, 3.05) is 5.43 Å². The fraction of sp³-hybridized carbons (Fsp3) is 0.462. The van der Waals surface area contributed by atoms with Crippen LogP contribution in [-0.2, 0) is 0 Å². The van der Waals surface area contributed by atoms with Crippen molar-refractivity contribution >= 4 is 11.6 Å². The molecule has 106 valence electrons. The summed E-state index contributed by atoms with van der Waals surface area (Å²) >= 11 is 0. The minimum Gasteiger partial charge on any atom is -0.349 e. The Morgan fingerprint density at radius 3 is 2.32 bits per heavy atom. The van der Waals surface area contributed by atoms with E-state index in [1.54, 1.807) is 0 Å². The number of hydrazine groups is 1. The zero-order valence-corrected chi connectivity index (χ0v) is 11.1. The summed E-state index contributed by atoms with van der Waals surface area (Å²) in [6.07, 6.45) is 2.53. The van der Waals surface area contributed by atoms with Gasteiger partial charge in [0, 0.05) is 11.6 Å². The molecule has 0 aliphatic heterocycles. The van der Waals surface area contributed by atoms with Gasteiger partial charge in [-0.1, -0.05) is 20.3 Å². The van der Waals surface area contributed by atoms with Gasteiger partial charge in [-0.15, -0.1) is 0 Å². The topological polar surface area (TPSA) is 67.2 Å². The van der Waals surface area contributed by atoms with E-state index in [-0.39, 0.29) is 11.6 Å². The number of nitrogen functional groups attached to an aromatic ring is 1. The molecular formula is C13H19F2N3O. The summed E-state index contributed by atoms with van der Waals surface area (Å²) in [5.74, 6) is 2.72. The van der Waals surface area contributed by atoms with E-state index in [0.29, 0.717) is 0 Å². The fourth-order valence-electron chi connectivity index (χ4n) is 1.84. The summed E-state index contributed by atoms with van der Waals surface area (Å²) in [5.41, 5.74) is 1.42. The highest BCUT2D eigenvalue weighted by Gasteiger charge is 2.16. The Labute approximate surface area is 111 Å². The van der Waals surface area contributed by atoms with Crippen LogP contribution in [0.25, 0.3) is 0 Å². The van der Waals surface area contributed by atoms with Crippen molar-refractivity contribution in [1.82, 2.24) is 5.32 Å². The Kier molecular flexibility index (Phi) is 5.69. The zero-order valence-electron chi connectivity index (χ0n) is 11.1. The second kappa shape index (κ2) is 7.04. The van der Waals surface area contributed by atoms with E-state index in [1.165, 1.54) is 0 Å². The van der Waals surface area contributed by atoms with Crippen LogP contribution in [0, 0.1) is 11.6 Å². The molecule has 0 bridgehead atoms. The van der Waals surface area contributed by atoms with Crippen molar-refractivity contribution in [1.29, 1.82) is 0 Å². The standard InChI is InChI=1S/C13H19F2N3O/c1-3-5-9(4-2)17-13(19)8-6-10(14)12(18-16)11(15)7-8/h6-7,9,18H,3-5,16H2,1-2H3,(H,17,19). The van der Waals surface area contributed by atoms with E-state index in [0.717, 1.165) is 31.4 Å². The third kappa shape index (κ3) is 3.89. The molecule has 1 amide bonds. The van der Waals surface area contributed by atoms with E-state index in [2.05, 4.69) is 5.32 Å². The average Bonchev–Trinajstić information content (AvgIpc) is 2.37. The van der Waals surface area contributed by atoms with Gasteiger partial charge >= 0.3 is 0 Å². The highest BCUT2D eigenvalue weighted by atomic mass is 19.1. The molecule has 1 aromatic carbocycles. The number of benzene rings is 1. The molecule has 0 saturated heterocycles. The number of hydrogen-bond acceptors (Lipinski definition) is 3. The van der Waals surface area contributed by atoms with Crippen LogP contribution in [0.4, 0.5) is 14.5 Å². The molecule has 0 saturated carbocycles. The zero-order chi connectivity index (χ0) is 14.4. The maximum absolute atomic E-state index is 13.5. The van der Waals surface area contributed by atoms with Gasteiger partial charge in [0.05, 0.1) is 0 Å². The molecule has 19 heavy (non-hydrogen) atoms. The largest absolute Gasteiger partial charge is 0.349 e. The molecule has 0 aliphatic rings. The predicted octanol–water partition coefficient (Wildman–Crippen LogP) is 2.56. The third-order valence-corrected chi connectivity index (χ3v) is 2.91. The molecule has 4 nitrogen and oxygen atoms in total. The lowest BCUT2D eigenvalue weighted by molar-refractivity contribution is 0.0933. The number of nitrogens with two attached hydrogens (primary N) is 1. The first kappa shape index (κ1) is 15.4. The second-order valence-electron chi connectivity index (χ2n) is 4.33. The average molecular weight is 271 g/mol. The Hall–Kier alpha value is -1.69. The Morgan fingerprint density at radius 2 is 1.89 bits per heavy atom. The van der Waals surface area contributed by atoms with Gasteiger partial charge in [-0.05, 0) is 25.0 Å². The lowest BCUT2D eigenvalue weighted by Crippen LogP contribution is -2.34. The highest BCUT2D eigenvalue weighted by molar-refractivity contribution is 5.94. The molecule has 0 radical (unpaired) electrons. The first-order valence-electron chi connectivity index (χ1n) is 6.29. The van der Waals surface area contributed by atoms with Gasteiger partial charge in [-0.2, -0.15) is 0 Å². The first-order chi connectivity index (χ1) is 9.03. The molecule has 1 atom stereocenters. The van der Waals surface area contributed by atoms with Crippen LogP contribution in [0.1, 0.15) is 43.5 Å². The maximum atomic E-state index is 13.5. The van der Waals surface area contributed by atoms with Crippen molar-refractivity contribution in [3.05, 3.63) is 29.3 Å². The lowest BCUT2D eigenvalue weighted by Gasteiger charge is -2.16. The van der Waals surface area contributed by atoms with E-state index in [1.807, 2.05) is 19.3 Å². The SMILES string of the molecule is CCCC(CC)NC(=O)c1cc(F)c(NN)c(F)c1. The minimum atomic E-state index is -0.892. The maximum Gasteiger partial charge on any atom is 0.251 e. The van der Waals surface area contributed by atoms with Crippen LogP contribution in [-0.4, -0.2) is 11.9 Å². The van der Waals surface area contributed by atoms with Crippen LogP contribution < -0.4 is 16.6 Å². The van der Waals surface area contributed by atoms with Gasteiger partial charge in [-0.25, -0.2) is 8.78 Å². The van der Waals surface area contributed by atoms with Crippen LogP contribution in [0.2, 0.25) is 0 Å². The van der Waals surface area contributed by atoms with Crippen LogP contribution in [0.5, 0.6) is 0 Å². The summed E-state index contributed by atoms with van der Waals surface area (Å²) in [5, 5.41) is 2.75. The highest BCUT2D eigenvalue weighted by Crippen LogP contribution is 2.19. The van der Waals surface area contributed by atoms with E-state index < -0.39 is 23.2 Å². The quantitative estimate of drug-likeness (QED) is 0.550. The molecule has 0 fully saturated rings. The molecule has 0 aliphatic carbocycles. The molecular weight excluding hydrogens is 252 g/mol. The molecule has 4 N–H and O–H groups in total. The third-order valence-electron chi connectivity index (χ3n) is 2.91. The summed E-state index contributed by atoms with van der Waals surface area (Å²) in [7, 11) is 0. The van der Waals surface area contributed by atoms with Gasteiger partial charge in [0.25, 0.3) is 5.91 Å². The van der Waals surface area contributed by atoms with Crippen molar-refractivity contribution in [2.45, 2.75) is 39.2 Å². The number of rotatable bonds is 6. The van der Waals surface area contributed by atoms with Crippen LogP contribution in [0.15, 0.2) is 12.1 Å². The van der Waals surface area contributed by atoms with Crippen molar-refractivity contribution < 1.29 is 13.6 Å².